The molecule has 0 saturated carbocycles. The number of benzene rings is 3. The maximum Gasteiger partial charge on any atom is 0.342 e. The van der Waals surface area contributed by atoms with Gasteiger partial charge in [-0.15, -0.1) is 0 Å². The quantitative estimate of drug-likeness (QED) is 0.343. The molecule has 0 aliphatic heterocycles. The molecule has 33 heavy (non-hydrogen) atoms. The van der Waals surface area contributed by atoms with E-state index >= 15 is 0 Å². The Balaban J connectivity index is 1.93. The molecule has 1 N–H and O–H groups in total. The van der Waals surface area contributed by atoms with Crippen molar-refractivity contribution in [3.8, 4) is 0 Å². The van der Waals surface area contributed by atoms with E-state index in [4.69, 9.17) is 9.15 Å². The molecule has 4 rings (SSSR count). The van der Waals surface area contributed by atoms with Crippen LogP contribution in [0.2, 0.25) is 0 Å². The van der Waals surface area contributed by atoms with E-state index in [9.17, 15) is 13.2 Å². The highest BCUT2D eigenvalue weighted by Gasteiger charge is 2.25. The van der Waals surface area contributed by atoms with E-state index in [1.807, 2.05) is 50.2 Å². The zero-order valence-corrected chi connectivity index (χ0v) is 20.2. The number of furan rings is 1. The molecule has 1 heterocycles. The summed E-state index contributed by atoms with van der Waals surface area (Å²) in [4.78, 5) is 13.0. The van der Waals surface area contributed by atoms with Gasteiger partial charge in [0.15, 0.2) is 0 Å². The highest BCUT2D eigenvalue weighted by molar-refractivity contribution is 7.92. The summed E-state index contributed by atoms with van der Waals surface area (Å²) in [5, 5.41) is 1.91. The fourth-order valence-electron chi connectivity index (χ4n) is 4.43. The van der Waals surface area contributed by atoms with Crippen LogP contribution in [-0.4, -0.2) is 21.0 Å². The first-order valence-corrected chi connectivity index (χ1v) is 12.3. The molecule has 4 aromatic rings. The van der Waals surface area contributed by atoms with Gasteiger partial charge in [0, 0.05) is 16.2 Å². The van der Waals surface area contributed by atoms with E-state index in [0.29, 0.717) is 62.9 Å². The van der Waals surface area contributed by atoms with E-state index in [1.54, 1.807) is 26.8 Å². The van der Waals surface area contributed by atoms with Gasteiger partial charge in [-0.3, -0.25) is 4.72 Å². The predicted molar refractivity (Wildman–Crippen MR) is 130 cm³/mol. The summed E-state index contributed by atoms with van der Waals surface area (Å²) in [6.07, 6.45) is 0.698. The van der Waals surface area contributed by atoms with Crippen molar-refractivity contribution < 1.29 is 22.4 Å². The minimum atomic E-state index is -3.89. The average molecular weight is 466 g/mol. The fourth-order valence-corrected chi connectivity index (χ4v) is 5.96. The zero-order valence-electron chi connectivity index (χ0n) is 19.4. The predicted octanol–water partition coefficient (Wildman–Crippen LogP) is 6.19. The van der Waals surface area contributed by atoms with Gasteiger partial charge in [-0.1, -0.05) is 48.9 Å². The second-order valence-electron chi connectivity index (χ2n) is 8.35. The van der Waals surface area contributed by atoms with Crippen LogP contribution >= 0.6 is 0 Å². The standard InChI is InChI=1S/C26H27NO5S/c1-6-11-31-26(28)23-18(5)32-24-20-10-8-7-9-19(20)22(14-21(23)24)27-33(29,30)25-16(3)12-15(2)13-17(25)4/h7-10,12-14,27H,6,11H2,1-5H3. The number of nitrogens with one attached hydrogen (secondary N) is 1. The Morgan fingerprint density at radius 3 is 2.24 bits per heavy atom. The maximum absolute atomic E-state index is 13.5. The van der Waals surface area contributed by atoms with Crippen molar-refractivity contribution in [2.75, 3.05) is 11.3 Å². The normalized spacial score (nSPS) is 11.8. The van der Waals surface area contributed by atoms with Crippen LogP contribution in [0.1, 0.15) is 46.2 Å². The average Bonchev–Trinajstić information content (AvgIpc) is 3.07. The second kappa shape index (κ2) is 8.56. The first kappa shape index (κ1) is 22.9. The third kappa shape index (κ3) is 4.09. The Labute approximate surface area is 193 Å². The van der Waals surface area contributed by atoms with Gasteiger partial charge in [0.2, 0.25) is 0 Å². The number of esters is 1. The van der Waals surface area contributed by atoms with Crippen molar-refractivity contribution in [3.63, 3.8) is 0 Å². The maximum atomic E-state index is 13.5. The molecule has 3 aromatic carbocycles. The summed E-state index contributed by atoms with van der Waals surface area (Å²) < 4.78 is 41.0. The molecule has 0 amide bonds. The summed E-state index contributed by atoms with van der Waals surface area (Å²) in [6, 6.07) is 12.7. The second-order valence-corrected chi connectivity index (χ2v) is 9.97. The lowest BCUT2D eigenvalue weighted by molar-refractivity contribution is 0.0505. The molecule has 0 radical (unpaired) electrons. The minimum absolute atomic E-state index is 0.253. The number of fused-ring (bicyclic) bond motifs is 3. The molecule has 6 nitrogen and oxygen atoms in total. The van der Waals surface area contributed by atoms with E-state index < -0.39 is 16.0 Å². The smallest absolute Gasteiger partial charge is 0.342 e. The molecule has 0 unspecified atom stereocenters. The topological polar surface area (TPSA) is 85.6 Å². The van der Waals surface area contributed by atoms with Crippen LogP contribution in [-0.2, 0) is 14.8 Å². The molecule has 0 aliphatic carbocycles. The number of aryl methyl sites for hydroxylation is 4. The number of ether oxygens (including phenoxy) is 1. The summed E-state index contributed by atoms with van der Waals surface area (Å²) in [6.45, 7) is 9.44. The zero-order chi connectivity index (χ0) is 23.9. The monoisotopic (exact) mass is 465 g/mol. The number of carbonyl (C=O) groups is 1. The molecular weight excluding hydrogens is 438 g/mol. The fraction of sp³-hybridized carbons (Fsp3) is 0.269. The van der Waals surface area contributed by atoms with E-state index in [1.165, 1.54) is 0 Å². The Hall–Kier alpha value is -3.32. The Kier molecular flexibility index (Phi) is 5.93. The van der Waals surface area contributed by atoms with Crippen molar-refractivity contribution in [1.82, 2.24) is 0 Å². The van der Waals surface area contributed by atoms with Gasteiger partial charge < -0.3 is 9.15 Å². The van der Waals surface area contributed by atoms with Crippen molar-refractivity contribution in [3.05, 3.63) is 70.5 Å². The van der Waals surface area contributed by atoms with Gasteiger partial charge in [0.05, 0.1) is 17.2 Å². The third-order valence-electron chi connectivity index (χ3n) is 5.63. The number of rotatable bonds is 6. The van der Waals surface area contributed by atoms with Gasteiger partial charge in [-0.05, 0) is 51.3 Å². The SMILES string of the molecule is CCCOC(=O)c1c(C)oc2c1cc(NS(=O)(=O)c1c(C)cc(C)cc1C)c1ccccc12. The summed E-state index contributed by atoms with van der Waals surface area (Å²) >= 11 is 0. The van der Waals surface area contributed by atoms with Crippen LogP contribution in [0, 0.1) is 27.7 Å². The lowest BCUT2D eigenvalue weighted by Crippen LogP contribution is -2.16. The summed E-state index contributed by atoms with van der Waals surface area (Å²) in [5.74, 6) is -0.0519. The molecule has 0 saturated heterocycles. The molecule has 0 atom stereocenters. The summed E-state index contributed by atoms with van der Waals surface area (Å²) in [5.41, 5.74) is 3.56. The first-order chi connectivity index (χ1) is 15.6. The number of carbonyl (C=O) groups excluding carboxylic acids is 1. The molecule has 1 aromatic heterocycles. The van der Waals surface area contributed by atoms with Gasteiger partial charge in [-0.25, -0.2) is 13.2 Å². The minimum Gasteiger partial charge on any atom is -0.462 e. The number of sulfonamides is 1. The Morgan fingerprint density at radius 1 is 0.970 bits per heavy atom. The highest BCUT2D eigenvalue weighted by Crippen LogP contribution is 2.38. The van der Waals surface area contributed by atoms with Crippen LogP contribution in [0.4, 0.5) is 5.69 Å². The van der Waals surface area contributed by atoms with Crippen LogP contribution in [0.3, 0.4) is 0 Å². The molecular formula is C26H27NO5S. The Morgan fingerprint density at radius 2 is 1.61 bits per heavy atom. The Bertz CT molecular complexity index is 1480. The molecule has 0 fully saturated rings. The number of anilines is 1. The first-order valence-electron chi connectivity index (χ1n) is 10.9. The largest absolute Gasteiger partial charge is 0.462 e. The van der Waals surface area contributed by atoms with Gasteiger partial charge in [0.25, 0.3) is 10.0 Å². The molecule has 0 spiro atoms. The van der Waals surface area contributed by atoms with E-state index in [2.05, 4.69) is 4.72 Å². The third-order valence-corrected chi connectivity index (χ3v) is 7.30. The van der Waals surface area contributed by atoms with Crippen molar-refractivity contribution >= 4 is 43.4 Å². The number of hydrogen-bond acceptors (Lipinski definition) is 5. The van der Waals surface area contributed by atoms with E-state index in [-0.39, 0.29) is 4.90 Å². The van der Waals surface area contributed by atoms with Crippen LogP contribution in [0.5, 0.6) is 0 Å². The van der Waals surface area contributed by atoms with Crippen molar-refractivity contribution in [2.45, 2.75) is 45.9 Å². The highest BCUT2D eigenvalue weighted by atomic mass is 32.2. The van der Waals surface area contributed by atoms with Crippen molar-refractivity contribution in [2.24, 2.45) is 0 Å². The van der Waals surface area contributed by atoms with Crippen LogP contribution in [0.25, 0.3) is 21.7 Å². The summed E-state index contributed by atoms with van der Waals surface area (Å²) in [7, 11) is -3.89. The molecule has 0 bridgehead atoms. The number of hydrogen-bond donors (Lipinski definition) is 1. The lowest BCUT2D eigenvalue weighted by atomic mass is 10.0. The van der Waals surface area contributed by atoms with Gasteiger partial charge in [-0.2, -0.15) is 0 Å². The molecule has 0 aliphatic rings. The lowest BCUT2D eigenvalue weighted by Gasteiger charge is -2.15. The van der Waals surface area contributed by atoms with Crippen molar-refractivity contribution in [1.29, 1.82) is 0 Å². The van der Waals surface area contributed by atoms with Crippen LogP contribution in [0.15, 0.2) is 51.8 Å². The van der Waals surface area contributed by atoms with Gasteiger partial charge in [0.1, 0.15) is 16.9 Å². The molecule has 172 valence electrons. The molecule has 7 heteroatoms. The van der Waals surface area contributed by atoms with Gasteiger partial charge >= 0.3 is 5.97 Å². The van der Waals surface area contributed by atoms with E-state index in [0.717, 1.165) is 5.56 Å². The van der Waals surface area contributed by atoms with Crippen LogP contribution < -0.4 is 4.72 Å².